The molecule has 0 aromatic heterocycles. The fourth-order valence-electron chi connectivity index (χ4n) is 2.19. The third-order valence-corrected chi connectivity index (χ3v) is 3.04. The molecular formula is C12H25NO5. The van der Waals surface area contributed by atoms with E-state index in [0.717, 1.165) is 0 Å². The van der Waals surface area contributed by atoms with Gasteiger partial charge in [-0.05, 0) is 13.8 Å². The van der Waals surface area contributed by atoms with Crippen molar-refractivity contribution in [2.75, 3.05) is 34.0 Å². The molecule has 1 unspecified atom stereocenters. The summed E-state index contributed by atoms with van der Waals surface area (Å²) in [6.07, 6.45) is -1.25. The predicted octanol–water partition coefficient (Wildman–Crippen LogP) is 0.142. The SMILES string of the molecule is CCOC[C@H]1OC(OC)[C@H](N)[C@@H](OCC)[C@@H]1OC. The van der Waals surface area contributed by atoms with Crippen molar-refractivity contribution in [3.63, 3.8) is 0 Å². The van der Waals surface area contributed by atoms with Crippen LogP contribution in [-0.4, -0.2) is 64.7 Å². The largest absolute Gasteiger partial charge is 0.379 e. The lowest BCUT2D eigenvalue weighted by Crippen LogP contribution is -2.63. The van der Waals surface area contributed by atoms with E-state index in [-0.39, 0.29) is 24.4 Å². The van der Waals surface area contributed by atoms with Crippen molar-refractivity contribution in [1.82, 2.24) is 0 Å². The Hall–Kier alpha value is -0.240. The molecule has 0 aromatic rings. The third kappa shape index (κ3) is 3.63. The molecule has 1 fully saturated rings. The molecule has 18 heavy (non-hydrogen) atoms. The molecule has 1 aliphatic rings. The Morgan fingerprint density at radius 2 is 1.78 bits per heavy atom. The molecule has 0 radical (unpaired) electrons. The van der Waals surface area contributed by atoms with Gasteiger partial charge in [-0.25, -0.2) is 0 Å². The highest BCUT2D eigenvalue weighted by molar-refractivity contribution is 4.93. The Kier molecular flexibility index (Phi) is 7.06. The van der Waals surface area contributed by atoms with Gasteiger partial charge in [-0.3, -0.25) is 0 Å². The second-order valence-corrected chi connectivity index (χ2v) is 4.14. The molecule has 0 bridgehead atoms. The Morgan fingerprint density at radius 1 is 1.06 bits per heavy atom. The van der Waals surface area contributed by atoms with E-state index in [9.17, 15) is 0 Å². The second kappa shape index (κ2) is 8.04. The van der Waals surface area contributed by atoms with Crippen LogP contribution in [0.25, 0.3) is 0 Å². The molecule has 0 aliphatic carbocycles. The molecule has 1 rings (SSSR count). The summed E-state index contributed by atoms with van der Waals surface area (Å²) in [5.41, 5.74) is 6.08. The average molecular weight is 263 g/mol. The molecule has 6 nitrogen and oxygen atoms in total. The molecule has 1 aliphatic heterocycles. The molecule has 0 spiro atoms. The minimum atomic E-state index is -0.501. The smallest absolute Gasteiger partial charge is 0.175 e. The summed E-state index contributed by atoms with van der Waals surface area (Å²) in [5.74, 6) is 0. The van der Waals surface area contributed by atoms with Crippen LogP contribution in [-0.2, 0) is 23.7 Å². The minimum absolute atomic E-state index is 0.240. The van der Waals surface area contributed by atoms with Crippen molar-refractivity contribution in [3.8, 4) is 0 Å². The maximum atomic E-state index is 6.08. The quantitative estimate of drug-likeness (QED) is 0.704. The molecule has 0 saturated carbocycles. The van der Waals surface area contributed by atoms with E-state index in [0.29, 0.717) is 19.8 Å². The Balaban J connectivity index is 2.76. The monoisotopic (exact) mass is 263 g/mol. The van der Waals surface area contributed by atoms with E-state index in [2.05, 4.69) is 0 Å². The highest BCUT2D eigenvalue weighted by Crippen LogP contribution is 2.25. The van der Waals surface area contributed by atoms with E-state index in [1.165, 1.54) is 0 Å². The maximum Gasteiger partial charge on any atom is 0.175 e. The average Bonchev–Trinajstić information content (AvgIpc) is 2.39. The highest BCUT2D eigenvalue weighted by Gasteiger charge is 2.45. The van der Waals surface area contributed by atoms with Gasteiger partial charge in [0, 0.05) is 27.4 Å². The molecule has 1 saturated heterocycles. The van der Waals surface area contributed by atoms with Gasteiger partial charge >= 0.3 is 0 Å². The van der Waals surface area contributed by atoms with Crippen LogP contribution in [0.15, 0.2) is 0 Å². The van der Waals surface area contributed by atoms with Crippen LogP contribution in [0.1, 0.15) is 13.8 Å². The topological polar surface area (TPSA) is 72.2 Å². The molecule has 6 heteroatoms. The van der Waals surface area contributed by atoms with Gasteiger partial charge in [0.15, 0.2) is 6.29 Å². The maximum absolute atomic E-state index is 6.08. The van der Waals surface area contributed by atoms with Crippen LogP contribution < -0.4 is 5.73 Å². The zero-order valence-corrected chi connectivity index (χ0v) is 11.6. The molecule has 1 heterocycles. The Morgan fingerprint density at radius 3 is 2.28 bits per heavy atom. The molecule has 5 atom stereocenters. The first-order valence-corrected chi connectivity index (χ1v) is 6.35. The van der Waals surface area contributed by atoms with Gasteiger partial charge in [-0.1, -0.05) is 0 Å². The number of rotatable bonds is 7. The van der Waals surface area contributed by atoms with Crippen molar-refractivity contribution < 1.29 is 23.7 Å². The number of hydrogen-bond donors (Lipinski definition) is 1. The van der Waals surface area contributed by atoms with Crippen molar-refractivity contribution in [2.45, 2.75) is 44.5 Å². The summed E-state index contributed by atoms with van der Waals surface area (Å²) in [6, 6.07) is -0.377. The molecular weight excluding hydrogens is 238 g/mol. The van der Waals surface area contributed by atoms with E-state index in [1.807, 2.05) is 13.8 Å². The zero-order valence-electron chi connectivity index (χ0n) is 11.6. The second-order valence-electron chi connectivity index (χ2n) is 4.14. The van der Waals surface area contributed by atoms with Crippen molar-refractivity contribution in [2.24, 2.45) is 5.73 Å². The summed E-state index contributed by atoms with van der Waals surface area (Å²) in [7, 11) is 3.19. The third-order valence-electron chi connectivity index (χ3n) is 3.04. The summed E-state index contributed by atoms with van der Waals surface area (Å²) in [5, 5.41) is 0. The highest BCUT2D eigenvalue weighted by atomic mass is 16.7. The van der Waals surface area contributed by atoms with E-state index in [1.54, 1.807) is 14.2 Å². The number of methoxy groups -OCH3 is 2. The lowest BCUT2D eigenvalue weighted by molar-refractivity contribution is -0.271. The normalized spacial score (nSPS) is 36.8. The van der Waals surface area contributed by atoms with Crippen LogP contribution >= 0.6 is 0 Å². The van der Waals surface area contributed by atoms with Crippen LogP contribution in [0.3, 0.4) is 0 Å². The van der Waals surface area contributed by atoms with Crippen molar-refractivity contribution in [1.29, 1.82) is 0 Å². The van der Waals surface area contributed by atoms with Gasteiger partial charge < -0.3 is 29.4 Å². The first-order chi connectivity index (χ1) is 8.69. The van der Waals surface area contributed by atoms with Gasteiger partial charge in [0.1, 0.15) is 18.3 Å². The lowest BCUT2D eigenvalue weighted by Gasteiger charge is -2.43. The summed E-state index contributed by atoms with van der Waals surface area (Å²) < 4.78 is 27.5. The summed E-state index contributed by atoms with van der Waals surface area (Å²) >= 11 is 0. The van der Waals surface area contributed by atoms with Gasteiger partial charge in [-0.2, -0.15) is 0 Å². The standard InChI is InChI=1S/C12H25NO5/c1-5-16-7-8-10(14-3)11(17-6-2)9(13)12(15-4)18-8/h8-12H,5-7,13H2,1-4H3/t8-,9-,10-,11-,12?/m1/s1. The summed E-state index contributed by atoms with van der Waals surface area (Å²) in [6.45, 7) is 5.49. The fourth-order valence-corrected chi connectivity index (χ4v) is 2.19. The number of hydrogen-bond acceptors (Lipinski definition) is 6. The van der Waals surface area contributed by atoms with Crippen LogP contribution in [0.4, 0.5) is 0 Å². The van der Waals surface area contributed by atoms with Crippen LogP contribution in [0.5, 0.6) is 0 Å². The zero-order chi connectivity index (χ0) is 13.5. The number of nitrogens with two attached hydrogens (primary N) is 1. The van der Waals surface area contributed by atoms with Gasteiger partial charge in [0.05, 0.1) is 12.6 Å². The van der Waals surface area contributed by atoms with Gasteiger partial charge in [0.2, 0.25) is 0 Å². The van der Waals surface area contributed by atoms with Crippen molar-refractivity contribution in [3.05, 3.63) is 0 Å². The van der Waals surface area contributed by atoms with Crippen LogP contribution in [0, 0.1) is 0 Å². The molecule has 0 aromatic carbocycles. The fraction of sp³-hybridized carbons (Fsp3) is 1.00. The van der Waals surface area contributed by atoms with Gasteiger partial charge in [-0.15, -0.1) is 0 Å². The molecule has 2 N–H and O–H groups in total. The predicted molar refractivity (Wildman–Crippen MR) is 66.3 cm³/mol. The molecule has 0 amide bonds. The Bertz CT molecular complexity index is 229. The van der Waals surface area contributed by atoms with E-state index < -0.39 is 6.29 Å². The first-order valence-electron chi connectivity index (χ1n) is 6.35. The Labute approximate surface area is 109 Å². The minimum Gasteiger partial charge on any atom is -0.379 e. The van der Waals surface area contributed by atoms with Gasteiger partial charge in [0.25, 0.3) is 0 Å². The first kappa shape index (κ1) is 15.8. The molecule has 108 valence electrons. The lowest BCUT2D eigenvalue weighted by atomic mass is 9.97. The van der Waals surface area contributed by atoms with Crippen molar-refractivity contribution >= 4 is 0 Å². The number of ether oxygens (including phenoxy) is 5. The van der Waals surface area contributed by atoms with E-state index in [4.69, 9.17) is 29.4 Å². The van der Waals surface area contributed by atoms with E-state index >= 15 is 0 Å². The van der Waals surface area contributed by atoms with Crippen LogP contribution in [0.2, 0.25) is 0 Å². The summed E-state index contributed by atoms with van der Waals surface area (Å²) in [4.78, 5) is 0.